The van der Waals surface area contributed by atoms with Crippen LogP contribution in [0.25, 0.3) is 11.3 Å². The molecule has 0 fully saturated rings. The van der Waals surface area contributed by atoms with Crippen molar-refractivity contribution in [1.29, 1.82) is 0 Å². The fourth-order valence-corrected chi connectivity index (χ4v) is 1.71. The van der Waals surface area contributed by atoms with Crippen molar-refractivity contribution in [1.82, 2.24) is 10.2 Å². The van der Waals surface area contributed by atoms with E-state index in [-0.39, 0.29) is 0 Å². The summed E-state index contributed by atoms with van der Waals surface area (Å²) < 4.78 is 0. The van der Waals surface area contributed by atoms with Crippen LogP contribution in [0.1, 0.15) is 18.2 Å². The van der Waals surface area contributed by atoms with E-state index in [0.717, 1.165) is 17.7 Å². The van der Waals surface area contributed by atoms with Gasteiger partial charge in [0.2, 0.25) is 0 Å². The van der Waals surface area contributed by atoms with E-state index in [1.807, 2.05) is 24.3 Å². The monoisotopic (exact) mass is 264 g/mol. The van der Waals surface area contributed by atoms with Crippen molar-refractivity contribution >= 4 is 0 Å². The van der Waals surface area contributed by atoms with Crippen LogP contribution in [-0.2, 0) is 6.42 Å². The van der Waals surface area contributed by atoms with E-state index < -0.39 is 6.10 Å². The maximum atomic E-state index is 9.09. The molecule has 0 saturated heterocycles. The van der Waals surface area contributed by atoms with Crippen molar-refractivity contribution in [3.63, 3.8) is 0 Å². The van der Waals surface area contributed by atoms with Gasteiger partial charge in [-0.05, 0) is 37.0 Å². The van der Waals surface area contributed by atoms with Crippen molar-refractivity contribution in [2.45, 2.75) is 19.4 Å². The molecule has 1 heterocycles. The van der Waals surface area contributed by atoms with Crippen molar-refractivity contribution in [2.24, 2.45) is 0 Å². The molecule has 0 amide bonds. The van der Waals surface area contributed by atoms with Crippen LogP contribution < -0.4 is 0 Å². The van der Waals surface area contributed by atoms with Crippen LogP contribution in [0, 0.1) is 11.8 Å². The Balaban J connectivity index is 2.17. The first-order valence-corrected chi connectivity index (χ1v) is 6.42. The molecular weight excluding hydrogens is 248 g/mol. The van der Waals surface area contributed by atoms with E-state index in [0.29, 0.717) is 5.69 Å². The molecule has 0 saturated carbocycles. The molecule has 1 atom stereocenters. The molecule has 0 aliphatic carbocycles. The number of hydrogen-bond acceptors (Lipinski definition) is 3. The number of rotatable bonds is 3. The maximum absolute atomic E-state index is 9.09. The fourth-order valence-electron chi connectivity index (χ4n) is 1.71. The molecule has 3 nitrogen and oxygen atoms in total. The number of aromatic nitrogens is 2. The summed E-state index contributed by atoms with van der Waals surface area (Å²) in [6.07, 6.45) is 2.08. The third kappa shape index (κ3) is 3.78. The topological polar surface area (TPSA) is 46.0 Å². The van der Waals surface area contributed by atoms with Gasteiger partial charge in [-0.2, -0.15) is 0 Å². The smallest absolute Gasteiger partial charge is 0.136 e. The maximum Gasteiger partial charge on any atom is 0.136 e. The number of benzene rings is 1. The van der Waals surface area contributed by atoms with Gasteiger partial charge in [-0.15, -0.1) is 16.8 Å². The molecule has 0 spiro atoms. The zero-order valence-corrected chi connectivity index (χ0v) is 11.4. The number of nitrogens with zero attached hydrogens (tertiary/aromatic N) is 2. The molecule has 0 aliphatic heterocycles. The largest absolute Gasteiger partial charge is 0.381 e. The van der Waals surface area contributed by atoms with Gasteiger partial charge in [0, 0.05) is 5.56 Å². The Hall–Kier alpha value is -2.44. The highest BCUT2D eigenvalue weighted by Crippen LogP contribution is 2.17. The number of aliphatic hydroxyl groups is 1. The van der Waals surface area contributed by atoms with Gasteiger partial charge in [-0.1, -0.05) is 36.3 Å². The Kier molecular flexibility index (Phi) is 4.65. The zero-order valence-electron chi connectivity index (χ0n) is 11.4. The van der Waals surface area contributed by atoms with Crippen LogP contribution in [0.2, 0.25) is 0 Å². The molecule has 1 N–H and O–H groups in total. The first-order valence-electron chi connectivity index (χ1n) is 6.42. The lowest BCUT2D eigenvalue weighted by Crippen LogP contribution is -1.95. The van der Waals surface area contributed by atoms with Crippen LogP contribution in [0.5, 0.6) is 0 Å². The van der Waals surface area contributed by atoms with Gasteiger partial charge in [-0.25, -0.2) is 0 Å². The Morgan fingerprint density at radius 3 is 2.50 bits per heavy atom. The molecule has 0 bridgehead atoms. The third-order valence-corrected chi connectivity index (χ3v) is 2.70. The summed E-state index contributed by atoms with van der Waals surface area (Å²) in [5.74, 6) is 5.40. The summed E-state index contributed by atoms with van der Waals surface area (Å²) in [6.45, 7) is 5.33. The van der Waals surface area contributed by atoms with Crippen molar-refractivity contribution in [3.8, 4) is 23.1 Å². The summed E-state index contributed by atoms with van der Waals surface area (Å²) in [6, 6.07) is 11.8. The first kappa shape index (κ1) is 14.0. The second-order valence-corrected chi connectivity index (χ2v) is 4.44. The van der Waals surface area contributed by atoms with Crippen LogP contribution in [0.4, 0.5) is 0 Å². The average molecular weight is 264 g/mol. The number of hydrogen-bond donors (Lipinski definition) is 1. The molecule has 2 rings (SSSR count). The summed E-state index contributed by atoms with van der Waals surface area (Å²) in [5, 5.41) is 17.3. The van der Waals surface area contributed by atoms with Crippen molar-refractivity contribution in [3.05, 3.63) is 60.3 Å². The minimum absolute atomic E-state index is 0.554. The van der Waals surface area contributed by atoms with Crippen molar-refractivity contribution < 1.29 is 5.11 Å². The molecule has 1 unspecified atom stereocenters. The van der Waals surface area contributed by atoms with Gasteiger partial charge in [0.1, 0.15) is 11.8 Å². The molecular formula is C17H16N2O. The highest BCUT2D eigenvalue weighted by molar-refractivity contribution is 5.59. The van der Waals surface area contributed by atoms with Gasteiger partial charge >= 0.3 is 0 Å². The molecule has 100 valence electrons. The third-order valence-electron chi connectivity index (χ3n) is 2.70. The summed E-state index contributed by atoms with van der Waals surface area (Å²) in [7, 11) is 0. The molecule has 1 aromatic heterocycles. The van der Waals surface area contributed by atoms with E-state index >= 15 is 0 Å². The second kappa shape index (κ2) is 6.65. The van der Waals surface area contributed by atoms with E-state index in [2.05, 4.69) is 40.7 Å². The first-order chi connectivity index (χ1) is 9.69. The lowest BCUT2D eigenvalue weighted by molar-refractivity contribution is 0.253. The molecule has 20 heavy (non-hydrogen) atoms. The van der Waals surface area contributed by atoms with Gasteiger partial charge in [0.15, 0.2) is 0 Å². The molecule has 2 aromatic rings. The van der Waals surface area contributed by atoms with E-state index in [1.165, 1.54) is 5.56 Å². The standard InChI is InChI=1S/C17H16N2O/c1-3-4-14-6-8-15(9-7-14)17-12-11-16(18-19-17)10-5-13(2)20/h3,6-9,11-13,20H,1,4H2,2H3. The van der Waals surface area contributed by atoms with E-state index in [4.69, 9.17) is 5.11 Å². The Bertz CT molecular complexity index is 631. The van der Waals surface area contributed by atoms with Crippen LogP contribution in [0.15, 0.2) is 49.1 Å². The van der Waals surface area contributed by atoms with Crippen LogP contribution >= 0.6 is 0 Å². The molecule has 0 radical (unpaired) electrons. The summed E-state index contributed by atoms with van der Waals surface area (Å²) >= 11 is 0. The normalized spacial score (nSPS) is 11.3. The number of allylic oxidation sites excluding steroid dienone is 1. The SMILES string of the molecule is C=CCc1ccc(-c2ccc(C#CC(C)O)nn2)cc1. The summed E-state index contributed by atoms with van der Waals surface area (Å²) in [4.78, 5) is 0. The average Bonchev–Trinajstić information content (AvgIpc) is 2.47. The van der Waals surface area contributed by atoms with Crippen molar-refractivity contribution in [2.75, 3.05) is 0 Å². The molecule has 3 heteroatoms. The van der Waals surface area contributed by atoms with Gasteiger partial charge in [-0.3, -0.25) is 0 Å². The minimum Gasteiger partial charge on any atom is -0.381 e. The predicted octanol–water partition coefficient (Wildman–Crippen LogP) is 2.60. The van der Waals surface area contributed by atoms with Gasteiger partial charge in [0.25, 0.3) is 0 Å². The van der Waals surface area contributed by atoms with E-state index in [1.54, 1.807) is 13.0 Å². The Morgan fingerprint density at radius 1 is 1.20 bits per heavy atom. The van der Waals surface area contributed by atoms with E-state index in [9.17, 15) is 0 Å². The van der Waals surface area contributed by atoms with Gasteiger partial charge < -0.3 is 5.11 Å². The van der Waals surface area contributed by atoms with Gasteiger partial charge in [0.05, 0.1) is 5.69 Å². The lowest BCUT2D eigenvalue weighted by atomic mass is 10.1. The lowest BCUT2D eigenvalue weighted by Gasteiger charge is -2.01. The van der Waals surface area contributed by atoms with Crippen LogP contribution in [0.3, 0.4) is 0 Å². The Labute approximate surface area is 119 Å². The highest BCUT2D eigenvalue weighted by Gasteiger charge is 2.00. The predicted molar refractivity (Wildman–Crippen MR) is 79.9 cm³/mol. The quantitative estimate of drug-likeness (QED) is 0.684. The highest BCUT2D eigenvalue weighted by atomic mass is 16.3. The molecule has 1 aromatic carbocycles. The second-order valence-electron chi connectivity index (χ2n) is 4.44. The molecule has 0 aliphatic rings. The minimum atomic E-state index is -0.658. The zero-order chi connectivity index (χ0) is 14.4. The van der Waals surface area contributed by atoms with Crippen LogP contribution in [-0.4, -0.2) is 21.4 Å². The summed E-state index contributed by atoms with van der Waals surface area (Å²) in [5.41, 5.74) is 3.59. The fraction of sp³-hybridized carbons (Fsp3) is 0.176. The Morgan fingerprint density at radius 2 is 1.95 bits per heavy atom. The number of aliphatic hydroxyl groups excluding tert-OH is 1.